The molecule has 0 radical (unpaired) electrons. The Bertz CT molecular complexity index is 744. The summed E-state index contributed by atoms with van der Waals surface area (Å²) in [6.07, 6.45) is 1.74. The van der Waals surface area contributed by atoms with Gasteiger partial charge >= 0.3 is 5.97 Å². The summed E-state index contributed by atoms with van der Waals surface area (Å²) < 4.78 is 5.30. The van der Waals surface area contributed by atoms with Crippen LogP contribution in [0.1, 0.15) is 17.5 Å². The number of aromatic nitrogens is 1. The first-order valence-corrected chi connectivity index (χ1v) is 8.05. The van der Waals surface area contributed by atoms with Crippen molar-refractivity contribution in [2.45, 2.75) is 20.0 Å². The zero-order chi connectivity index (χ0) is 17.1. The van der Waals surface area contributed by atoms with E-state index < -0.39 is 5.92 Å². The van der Waals surface area contributed by atoms with Crippen LogP contribution in [0, 0.1) is 12.8 Å². The van der Waals surface area contributed by atoms with Gasteiger partial charge in [0.2, 0.25) is 5.91 Å². The number of halogens is 1. The molecule has 6 heteroatoms. The summed E-state index contributed by atoms with van der Waals surface area (Å²) in [6.45, 7) is 2.46. The summed E-state index contributed by atoms with van der Waals surface area (Å²) in [5, 5.41) is 0.389. The predicted molar refractivity (Wildman–Crippen MR) is 90.7 cm³/mol. The lowest BCUT2D eigenvalue weighted by molar-refractivity contribution is -0.149. The van der Waals surface area contributed by atoms with Crippen LogP contribution >= 0.6 is 11.6 Å². The third-order valence-corrected chi connectivity index (χ3v) is 4.20. The van der Waals surface area contributed by atoms with Crippen LogP contribution in [0.3, 0.4) is 0 Å². The highest BCUT2D eigenvalue weighted by atomic mass is 35.5. The number of amides is 1. The van der Waals surface area contributed by atoms with Crippen LogP contribution in [0.4, 0.5) is 5.69 Å². The van der Waals surface area contributed by atoms with Crippen molar-refractivity contribution in [1.29, 1.82) is 0 Å². The molecule has 0 bridgehead atoms. The van der Waals surface area contributed by atoms with Crippen molar-refractivity contribution in [1.82, 2.24) is 4.98 Å². The molecule has 2 heterocycles. The molecule has 3 rings (SSSR count). The third-order valence-electron chi connectivity index (χ3n) is 3.97. The number of hydrogen-bond donors (Lipinski definition) is 0. The molecule has 0 N–H and O–H groups in total. The van der Waals surface area contributed by atoms with E-state index in [1.807, 2.05) is 31.2 Å². The number of rotatable bonds is 4. The highest BCUT2D eigenvalue weighted by Crippen LogP contribution is 2.26. The quantitative estimate of drug-likeness (QED) is 0.631. The van der Waals surface area contributed by atoms with Crippen molar-refractivity contribution in [3.05, 3.63) is 58.9 Å². The van der Waals surface area contributed by atoms with Gasteiger partial charge < -0.3 is 9.64 Å². The van der Waals surface area contributed by atoms with Crippen molar-refractivity contribution in [3.63, 3.8) is 0 Å². The summed E-state index contributed by atoms with van der Waals surface area (Å²) >= 11 is 5.72. The molecule has 1 saturated heterocycles. The number of anilines is 1. The van der Waals surface area contributed by atoms with Gasteiger partial charge in [-0.25, -0.2) is 4.98 Å². The summed E-state index contributed by atoms with van der Waals surface area (Å²) in [5.74, 6) is -0.874. The minimum atomic E-state index is -0.445. The lowest BCUT2D eigenvalue weighted by atomic mass is 10.1. The van der Waals surface area contributed by atoms with Crippen LogP contribution in [0.15, 0.2) is 42.6 Å². The number of benzene rings is 1. The fraction of sp³-hybridized carbons (Fsp3) is 0.278. The van der Waals surface area contributed by atoms with Gasteiger partial charge in [-0.1, -0.05) is 35.4 Å². The Morgan fingerprint density at radius 1 is 1.29 bits per heavy atom. The van der Waals surface area contributed by atoms with E-state index in [1.54, 1.807) is 23.2 Å². The molecule has 1 aliphatic heterocycles. The number of carbonyl (C=O) groups excluding carboxylic acids is 2. The largest absolute Gasteiger partial charge is 0.460 e. The fourth-order valence-electron chi connectivity index (χ4n) is 2.60. The van der Waals surface area contributed by atoms with Crippen molar-refractivity contribution >= 4 is 29.2 Å². The Kier molecular flexibility index (Phi) is 4.81. The SMILES string of the molecule is Cc1ccc(N2C[C@H](C(=O)OCc3ccc(Cl)nc3)CC2=O)cc1. The number of pyridine rings is 1. The van der Waals surface area contributed by atoms with E-state index in [-0.39, 0.29) is 24.9 Å². The van der Waals surface area contributed by atoms with Crippen LogP contribution in [0.2, 0.25) is 5.15 Å². The highest BCUT2D eigenvalue weighted by molar-refractivity contribution is 6.29. The molecule has 124 valence electrons. The summed E-state index contributed by atoms with van der Waals surface area (Å²) in [4.78, 5) is 30.0. The molecule has 2 aromatic rings. The minimum Gasteiger partial charge on any atom is -0.460 e. The van der Waals surface area contributed by atoms with Gasteiger partial charge in [0.25, 0.3) is 0 Å². The van der Waals surface area contributed by atoms with Crippen LogP contribution in [0.25, 0.3) is 0 Å². The van der Waals surface area contributed by atoms with Crippen LogP contribution in [0.5, 0.6) is 0 Å². The summed E-state index contributed by atoms with van der Waals surface area (Å²) in [5.41, 5.74) is 2.69. The Labute approximate surface area is 145 Å². The molecule has 1 amide bonds. The second kappa shape index (κ2) is 7.01. The van der Waals surface area contributed by atoms with Gasteiger partial charge in [-0.2, -0.15) is 0 Å². The number of aryl methyl sites for hydroxylation is 1. The van der Waals surface area contributed by atoms with Gasteiger partial charge in [0.05, 0.1) is 5.92 Å². The minimum absolute atomic E-state index is 0.0611. The van der Waals surface area contributed by atoms with Gasteiger partial charge in [-0.05, 0) is 25.1 Å². The fourth-order valence-corrected chi connectivity index (χ4v) is 2.72. The normalized spacial score (nSPS) is 17.2. The second-order valence-corrected chi connectivity index (χ2v) is 6.23. The number of nitrogens with zero attached hydrogens (tertiary/aromatic N) is 2. The molecular formula is C18H17ClN2O3. The maximum Gasteiger partial charge on any atom is 0.311 e. The number of ether oxygens (including phenoxy) is 1. The monoisotopic (exact) mass is 344 g/mol. The van der Waals surface area contributed by atoms with Gasteiger partial charge in [0.1, 0.15) is 11.8 Å². The molecular weight excluding hydrogens is 328 g/mol. The third kappa shape index (κ3) is 3.74. The number of hydrogen-bond acceptors (Lipinski definition) is 4. The predicted octanol–water partition coefficient (Wildman–Crippen LogP) is 3.14. The van der Waals surface area contributed by atoms with E-state index in [0.29, 0.717) is 11.7 Å². The first kappa shape index (κ1) is 16.5. The van der Waals surface area contributed by atoms with Gasteiger partial charge in [0.15, 0.2) is 0 Å². The molecule has 1 fully saturated rings. The standard InChI is InChI=1S/C18H17ClN2O3/c1-12-2-5-15(6-3-12)21-10-14(8-17(21)22)18(23)24-11-13-4-7-16(19)20-9-13/h2-7,9,14H,8,10-11H2,1H3/t14-/m1/s1. The van der Waals surface area contributed by atoms with Crippen molar-refractivity contribution in [2.75, 3.05) is 11.4 Å². The van der Waals surface area contributed by atoms with E-state index in [9.17, 15) is 9.59 Å². The lowest BCUT2D eigenvalue weighted by Gasteiger charge is -2.16. The van der Waals surface area contributed by atoms with Crippen molar-refractivity contribution in [2.24, 2.45) is 5.92 Å². The average molecular weight is 345 g/mol. The molecule has 5 nitrogen and oxygen atoms in total. The van der Waals surface area contributed by atoms with Crippen LogP contribution in [-0.2, 0) is 20.9 Å². The second-order valence-electron chi connectivity index (χ2n) is 5.84. The van der Waals surface area contributed by atoms with Gasteiger partial charge in [0, 0.05) is 30.4 Å². The number of esters is 1. The molecule has 24 heavy (non-hydrogen) atoms. The van der Waals surface area contributed by atoms with E-state index in [0.717, 1.165) is 16.8 Å². The summed E-state index contributed by atoms with van der Waals surface area (Å²) in [6, 6.07) is 11.1. The molecule has 1 aromatic heterocycles. The molecule has 0 unspecified atom stereocenters. The maximum absolute atomic E-state index is 12.2. The summed E-state index contributed by atoms with van der Waals surface area (Å²) in [7, 11) is 0. The van der Waals surface area contributed by atoms with E-state index >= 15 is 0 Å². The highest BCUT2D eigenvalue weighted by Gasteiger charge is 2.36. The lowest BCUT2D eigenvalue weighted by Crippen LogP contribution is -2.26. The van der Waals surface area contributed by atoms with E-state index in [4.69, 9.17) is 16.3 Å². The van der Waals surface area contributed by atoms with Crippen molar-refractivity contribution in [3.8, 4) is 0 Å². The average Bonchev–Trinajstić information content (AvgIpc) is 2.97. The first-order valence-electron chi connectivity index (χ1n) is 7.67. The number of carbonyl (C=O) groups is 2. The Morgan fingerprint density at radius 3 is 2.71 bits per heavy atom. The molecule has 1 aromatic carbocycles. The van der Waals surface area contributed by atoms with E-state index in [2.05, 4.69) is 4.98 Å². The maximum atomic E-state index is 12.2. The Balaban J connectivity index is 1.59. The van der Waals surface area contributed by atoms with Crippen molar-refractivity contribution < 1.29 is 14.3 Å². The molecule has 0 saturated carbocycles. The molecule has 1 aliphatic rings. The Hall–Kier alpha value is -2.40. The van der Waals surface area contributed by atoms with Crippen LogP contribution < -0.4 is 4.90 Å². The van der Waals surface area contributed by atoms with Crippen LogP contribution in [-0.4, -0.2) is 23.4 Å². The molecule has 0 spiro atoms. The zero-order valence-corrected chi connectivity index (χ0v) is 14.0. The zero-order valence-electron chi connectivity index (χ0n) is 13.2. The topological polar surface area (TPSA) is 59.5 Å². The van der Waals surface area contributed by atoms with Gasteiger partial charge in [-0.15, -0.1) is 0 Å². The smallest absolute Gasteiger partial charge is 0.311 e. The Morgan fingerprint density at radius 2 is 2.04 bits per heavy atom. The van der Waals surface area contributed by atoms with Gasteiger partial charge in [-0.3, -0.25) is 9.59 Å². The first-order chi connectivity index (χ1) is 11.5. The molecule has 1 atom stereocenters. The molecule has 0 aliphatic carbocycles. The van der Waals surface area contributed by atoms with E-state index in [1.165, 1.54) is 0 Å².